The summed E-state index contributed by atoms with van der Waals surface area (Å²) in [7, 11) is 1.30. The summed E-state index contributed by atoms with van der Waals surface area (Å²) >= 11 is 0. The van der Waals surface area contributed by atoms with E-state index in [9.17, 15) is 9.18 Å². The maximum Gasteiger partial charge on any atom is 0.311 e. The molecule has 0 saturated heterocycles. The first kappa shape index (κ1) is 18.9. The van der Waals surface area contributed by atoms with Crippen LogP contribution in [0.4, 0.5) is 4.39 Å². The summed E-state index contributed by atoms with van der Waals surface area (Å²) in [5.41, 5.74) is 5.13. The first-order chi connectivity index (χ1) is 15.0. The highest BCUT2D eigenvalue weighted by Gasteiger charge is 2.22. The molecule has 3 aromatic heterocycles. The molecule has 31 heavy (non-hydrogen) atoms. The van der Waals surface area contributed by atoms with Crippen LogP contribution >= 0.6 is 0 Å². The summed E-state index contributed by atoms with van der Waals surface area (Å²) in [5, 5.41) is 17.7. The second kappa shape index (κ2) is 7.28. The number of hydrogen-bond donors (Lipinski definition) is 0. The highest BCUT2D eigenvalue weighted by molar-refractivity contribution is 5.85. The van der Waals surface area contributed by atoms with Crippen LogP contribution in [0.5, 0.6) is 0 Å². The Labute approximate surface area is 175 Å². The Morgan fingerprint density at radius 3 is 2.68 bits per heavy atom. The number of fused-ring (bicyclic) bond motifs is 3. The Morgan fingerprint density at radius 1 is 1.13 bits per heavy atom. The van der Waals surface area contributed by atoms with E-state index in [2.05, 4.69) is 20.4 Å². The van der Waals surface area contributed by atoms with Crippen LogP contribution in [-0.4, -0.2) is 42.7 Å². The lowest BCUT2D eigenvalue weighted by molar-refractivity contribution is -0.139. The van der Waals surface area contributed by atoms with Crippen molar-refractivity contribution < 1.29 is 13.9 Å². The molecule has 0 N–H and O–H groups in total. The smallest absolute Gasteiger partial charge is 0.311 e. The van der Waals surface area contributed by atoms with Gasteiger partial charge in [-0.1, -0.05) is 35.9 Å². The van der Waals surface area contributed by atoms with Crippen molar-refractivity contribution in [3.63, 3.8) is 0 Å². The van der Waals surface area contributed by atoms with Gasteiger partial charge in [0.2, 0.25) is 0 Å². The normalized spacial score (nSPS) is 11.3. The maximum absolute atomic E-state index is 13.9. The van der Waals surface area contributed by atoms with E-state index in [1.54, 1.807) is 22.8 Å². The molecule has 0 aliphatic rings. The van der Waals surface area contributed by atoms with E-state index in [1.165, 1.54) is 23.9 Å². The number of methoxy groups -OCH3 is 1. The van der Waals surface area contributed by atoms with Gasteiger partial charge in [0.25, 0.3) is 0 Å². The van der Waals surface area contributed by atoms with Gasteiger partial charge in [-0.3, -0.25) is 4.79 Å². The van der Waals surface area contributed by atoms with E-state index in [0.29, 0.717) is 28.2 Å². The third-order valence-electron chi connectivity index (χ3n) is 5.05. The van der Waals surface area contributed by atoms with Crippen molar-refractivity contribution in [2.24, 2.45) is 0 Å². The fourth-order valence-corrected chi connectivity index (χ4v) is 3.48. The van der Waals surface area contributed by atoms with Crippen molar-refractivity contribution in [3.8, 4) is 16.8 Å². The predicted molar refractivity (Wildman–Crippen MR) is 111 cm³/mol. The molecule has 0 fully saturated rings. The first-order valence-electron chi connectivity index (χ1n) is 9.57. The van der Waals surface area contributed by atoms with E-state index in [1.807, 2.05) is 31.2 Å². The van der Waals surface area contributed by atoms with Gasteiger partial charge < -0.3 is 4.74 Å². The second-order valence-electron chi connectivity index (χ2n) is 7.12. The fourth-order valence-electron chi connectivity index (χ4n) is 3.48. The molecule has 0 unspecified atom stereocenters. The van der Waals surface area contributed by atoms with Crippen LogP contribution in [-0.2, 0) is 16.0 Å². The molecule has 0 aliphatic heterocycles. The molecular formula is C22H17FN6O2. The SMILES string of the molecule is COC(=O)Cc1nn(-c2cccc(F)c2)c2c1nnc1c(-c3ccc(C)cc3)cnn12. The number of carbonyl (C=O) groups is 1. The number of nitrogens with zero attached hydrogens (tertiary/aromatic N) is 6. The third-order valence-corrected chi connectivity index (χ3v) is 5.05. The minimum Gasteiger partial charge on any atom is -0.469 e. The quantitative estimate of drug-likeness (QED) is 0.418. The number of halogens is 1. The Morgan fingerprint density at radius 2 is 1.94 bits per heavy atom. The fraction of sp³-hybridized carbons (Fsp3) is 0.136. The third kappa shape index (κ3) is 3.20. The van der Waals surface area contributed by atoms with Gasteiger partial charge >= 0.3 is 5.97 Å². The number of esters is 1. The molecule has 0 bridgehead atoms. The monoisotopic (exact) mass is 416 g/mol. The lowest BCUT2D eigenvalue weighted by atomic mass is 10.1. The Balaban J connectivity index is 1.79. The topological polar surface area (TPSA) is 87.2 Å². The molecule has 0 aliphatic carbocycles. The van der Waals surface area contributed by atoms with Crippen LogP contribution in [0.2, 0.25) is 0 Å². The Hall–Kier alpha value is -4.14. The zero-order chi connectivity index (χ0) is 21.5. The van der Waals surface area contributed by atoms with Crippen LogP contribution in [0.3, 0.4) is 0 Å². The van der Waals surface area contributed by atoms with E-state index in [4.69, 9.17) is 4.74 Å². The molecule has 5 aromatic rings. The Bertz CT molecular complexity index is 1440. The van der Waals surface area contributed by atoms with Gasteiger partial charge in [0.15, 0.2) is 16.8 Å². The largest absolute Gasteiger partial charge is 0.469 e. The number of hydrogen-bond acceptors (Lipinski definition) is 6. The zero-order valence-corrected chi connectivity index (χ0v) is 16.8. The van der Waals surface area contributed by atoms with Crippen molar-refractivity contribution in [2.45, 2.75) is 13.3 Å². The highest BCUT2D eigenvalue weighted by Crippen LogP contribution is 2.27. The van der Waals surface area contributed by atoms with Gasteiger partial charge in [-0.15, -0.1) is 10.2 Å². The van der Waals surface area contributed by atoms with Gasteiger partial charge in [0.1, 0.15) is 11.5 Å². The van der Waals surface area contributed by atoms with Gasteiger partial charge in [0.05, 0.1) is 25.4 Å². The van der Waals surface area contributed by atoms with Crippen LogP contribution in [0.15, 0.2) is 54.7 Å². The summed E-state index contributed by atoms with van der Waals surface area (Å²) < 4.78 is 21.8. The molecule has 3 heterocycles. The molecule has 2 aromatic carbocycles. The molecule has 0 spiro atoms. The predicted octanol–water partition coefficient (Wildman–Crippen LogP) is 3.29. The molecule has 154 valence electrons. The van der Waals surface area contributed by atoms with Crippen molar-refractivity contribution >= 4 is 22.8 Å². The summed E-state index contributed by atoms with van der Waals surface area (Å²) in [6.07, 6.45) is 1.61. The Kier molecular flexibility index (Phi) is 4.43. The van der Waals surface area contributed by atoms with Crippen molar-refractivity contribution in [1.82, 2.24) is 29.6 Å². The van der Waals surface area contributed by atoms with Gasteiger partial charge in [0, 0.05) is 5.56 Å². The number of ether oxygens (including phenoxy) is 1. The minimum atomic E-state index is -0.464. The number of carbonyl (C=O) groups excluding carboxylic acids is 1. The molecule has 0 saturated carbocycles. The molecular weight excluding hydrogens is 399 g/mol. The van der Waals surface area contributed by atoms with Crippen molar-refractivity contribution in [3.05, 3.63) is 71.8 Å². The van der Waals surface area contributed by atoms with E-state index >= 15 is 0 Å². The molecule has 9 heteroatoms. The average Bonchev–Trinajstić information content (AvgIpc) is 3.36. The number of aromatic nitrogens is 6. The van der Waals surface area contributed by atoms with E-state index in [0.717, 1.165) is 16.7 Å². The lowest BCUT2D eigenvalue weighted by Crippen LogP contribution is -2.06. The number of rotatable bonds is 4. The van der Waals surface area contributed by atoms with Crippen LogP contribution in [0.1, 0.15) is 11.3 Å². The first-order valence-corrected chi connectivity index (χ1v) is 9.57. The second-order valence-corrected chi connectivity index (χ2v) is 7.12. The number of benzene rings is 2. The standard InChI is InChI=1S/C22H17FN6O2/c1-13-6-8-14(9-7-13)17-12-24-29-21(17)26-25-20-18(11-19(30)31-2)27-28(22(20)29)16-5-3-4-15(23)10-16/h3-10,12H,11H2,1-2H3. The highest BCUT2D eigenvalue weighted by atomic mass is 19.1. The molecule has 0 amide bonds. The molecule has 8 nitrogen and oxygen atoms in total. The van der Waals surface area contributed by atoms with Crippen LogP contribution in [0, 0.1) is 12.7 Å². The van der Waals surface area contributed by atoms with Crippen LogP contribution < -0.4 is 0 Å². The molecule has 0 atom stereocenters. The van der Waals surface area contributed by atoms with Crippen molar-refractivity contribution in [1.29, 1.82) is 0 Å². The molecule has 5 rings (SSSR count). The van der Waals surface area contributed by atoms with Gasteiger partial charge in [-0.05, 0) is 30.7 Å². The summed E-state index contributed by atoms with van der Waals surface area (Å²) in [5.74, 6) is -0.872. The average molecular weight is 416 g/mol. The summed E-state index contributed by atoms with van der Waals surface area (Å²) in [4.78, 5) is 11.9. The molecule has 0 radical (unpaired) electrons. The zero-order valence-electron chi connectivity index (χ0n) is 16.8. The van der Waals surface area contributed by atoms with E-state index < -0.39 is 11.8 Å². The lowest BCUT2D eigenvalue weighted by Gasteiger charge is -2.05. The van der Waals surface area contributed by atoms with Gasteiger partial charge in [-0.25, -0.2) is 9.07 Å². The maximum atomic E-state index is 13.9. The van der Waals surface area contributed by atoms with Crippen LogP contribution in [0.25, 0.3) is 33.6 Å². The summed E-state index contributed by atoms with van der Waals surface area (Å²) in [6, 6.07) is 14.0. The van der Waals surface area contributed by atoms with Crippen molar-refractivity contribution in [2.75, 3.05) is 7.11 Å². The minimum absolute atomic E-state index is 0.0956. The summed E-state index contributed by atoms with van der Waals surface area (Å²) in [6.45, 7) is 2.02. The van der Waals surface area contributed by atoms with E-state index in [-0.39, 0.29) is 6.42 Å². The number of aryl methyl sites for hydroxylation is 1. The van der Waals surface area contributed by atoms with Gasteiger partial charge in [-0.2, -0.15) is 14.7 Å².